The van der Waals surface area contributed by atoms with Gasteiger partial charge in [-0.2, -0.15) is 0 Å². The van der Waals surface area contributed by atoms with Gasteiger partial charge in [0.1, 0.15) is 5.75 Å². The normalized spacial score (nSPS) is 13.9. The van der Waals surface area contributed by atoms with Crippen molar-refractivity contribution in [2.24, 2.45) is 10.9 Å². The second kappa shape index (κ2) is 13.2. The van der Waals surface area contributed by atoms with Crippen molar-refractivity contribution in [3.05, 3.63) is 29.8 Å². The maximum Gasteiger partial charge on any atom is 0.191 e. The van der Waals surface area contributed by atoms with E-state index in [1.165, 1.54) is 24.8 Å². The summed E-state index contributed by atoms with van der Waals surface area (Å²) in [6.45, 7) is 6.11. The van der Waals surface area contributed by atoms with Gasteiger partial charge < -0.3 is 20.1 Å². The van der Waals surface area contributed by atoms with Crippen LogP contribution in [0, 0.1) is 5.92 Å². The highest BCUT2D eigenvalue weighted by atomic mass is 127. The lowest BCUT2D eigenvalue weighted by atomic mass is 10.2. The molecule has 0 saturated heterocycles. The summed E-state index contributed by atoms with van der Waals surface area (Å²) in [5.74, 6) is 2.70. The van der Waals surface area contributed by atoms with Crippen LogP contribution in [-0.2, 0) is 11.3 Å². The standard InChI is InChI=1S/C19H31N3O2.HI/c1-3-24-14-4-12-20-19(21-13-11-16-5-6-16)22-15-17-7-9-18(23-2)10-8-17;/h7-10,16H,3-6,11-15H2,1-2H3,(H2,20,21,22);1H. The molecule has 142 valence electrons. The van der Waals surface area contributed by atoms with Gasteiger partial charge in [-0.25, -0.2) is 4.99 Å². The lowest BCUT2D eigenvalue weighted by Crippen LogP contribution is -2.38. The molecule has 0 aromatic heterocycles. The minimum absolute atomic E-state index is 0. The third-order valence-electron chi connectivity index (χ3n) is 4.08. The fraction of sp³-hybridized carbons (Fsp3) is 0.632. The largest absolute Gasteiger partial charge is 0.497 e. The van der Waals surface area contributed by atoms with Gasteiger partial charge in [0, 0.05) is 26.3 Å². The van der Waals surface area contributed by atoms with Gasteiger partial charge in [0.15, 0.2) is 5.96 Å². The Bertz CT molecular complexity index is 490. The lowest BCUT2D eigenvalue weighted by molar-refractivity contribution is 0.145. The maximum absolute atomic E-state index is 5.38. The van der Waals surface area contributed by atoms with Crippen LogP contribution in [0.2, 0.25) is 0 Å². The Kier molecular flexibility index (Phi) is 11.6. The van der Waals surface area contributed by atoms with E-state index in [0.717, 1.165) is 50.4 Å². The number of methoxy groups -OCH3 is 1. The van der Waals surface area contributed by atoms with Crippen molar-refractivity contribution in [2.75, 3.05) is 33.4 Å². The van der Waals surface area contributed by atoms with E-state index in [-0.39, 0.29) is 24.0 Å². The van der Waals surface area contributed by atoms with E-state index >= 15 is 0 Å². The first-order valence-electron chi connectivity index (χ1n) is 9.04. The zero-order chi connectivity index (χ0) is 17.0. The second-order valence-electron chi connectivity index (χ2n) is 6.15. The molecule has 0 bridgehead atoms. The van der Waals surface area contributed by atoms with E-state index in [4.69, 9.17) is 14.5 Å². The van der Waals surface area contributed by atoms with E-state index in [0.29, 0.717) is 6.54 Å². The first kappa shape index (κ1) is 22.0. The highest BCUT2D eigenvalue weighted by molar-refractivity contribution is 14.0. The molecule has 1 aromatic carbocycles. The van der Waals surface area contributed by atoms with Crippen LogP contribution in [-0.4, -0.2) is 39.4 Å². The molecule has 0 spiro atoms. The van der Waals surface area contributed by atoms with Gasteiger partial charge in [0.05, 0.1) is 13.7 Å². The first-order chi connectivity index (χ1) is 11.8. The maximum atomic E-state index is 5.38. The minimum atomic E-state index is 0. The highest BCUT2D eigenvalue weighted by Gasteiger charge is 2.20. The van der Waals surface area contributed by atoms with Gasteiger partial charge in [-0.3, -0.25) is 0 Å². The Morgan fingerprint density at radius 3 is 2.52 bits per heavy atom. The summed E-state index contributed by atoms with van der Waals surface area (Å²) in [5.41, 5.74) is 1.17. The molecule has 1 fully saturated rings. The number of hydrogen-bond donors (Lipinski definition) is 2. The minimum Gasteiger partial charge on any atom is -0.497 e. The fourth-order valence-corrected chi connectivity index (χ4v) is 2.40. The Morgan fingerprint density at radius 1 is 1.16 bits per heavy atom. The molecule has 6 heteroatoms. The number of benzene rings is 1. The van der Waals surface area contributed by atoms with Gasteiger partial charge >= 0.3 is 0 Å². The average molecular weight is 461 g/mol. The molecular formula is C19H32IN3O2. The predicted molar refractivity (Wildman–Crippen MR) is 114 cm³/mol. The summed E-state index contributed by atoms with van der Waals surface area (Å²) in [5, 5.41) is 6.85. The van der Waals surface area contributed by atoms with E-state index in [2.05, 4.69) is 22.8 Å². The van der Waals surface area contributed by atoms with E-state index in [1.54, 1.807) is 7.11 Å². The number of halogens is 1. The zero-order valence-electron chi connectivity index (χ0n) is 15.4. The summed E-state index contributed by atoms with van der Waals surface area (Å²) in [4.78, 5) is 4.70. The summed E-state index contributed by atoms with van der Waals surface area (Å²) < 4.78 is 10.6. The third kappa shape index (κ3) is 9.89. The van der Waals surface area contributed by atoms with Crippen LogP contribution in [0.15, 0.2) is 29.3 Å². The highest BCUT2D eigenvalue weighted by Crippen LogP contribution is 2.31. The molecule has 0 unspecified atom stereocenters. The van der Waals surface area contributed by atoms with Crippen LogP contribution >= 0.6 is 24.0 Å². The molecule has 0 atom stereocenters. The molecule has 0 heterocycles. The number of aliphatic imine (C=N–C) groups is 1. The van der Waals surface area contributed by atoms with E-state index in [9.17, 15) is 0 Å². The summed E-state index contributed by atoms with van der Waals surface area (Å²) in [6.07, 6.45) is 5.01. The quantitative estimate of drug-likeness (QED) is 0.229. The Balaban J connectivity index is 0.00000312. The average Bonchev–Trinajstić information content (AvgIpc) is 3.43. The van der Waals surface area contributed by atoms with Crippen LogP contribution in [0.5, 0.6) is 5.75 Å². The van der Waals surface area contributed by atoms with Crippen LogP contribution in [0.25, 0.3) is 0 Å². The molecule has 25 heavy (non-hydrogen) atoms. The number of hydrogen-bond acceptors (Lipinski definition) is 3. The van der Waals surface area contributed by atoms with Crippen molar-refractivity contribution in [1.29, 1.82) is 0 Å². The topological polar surface area (TPSA) is 54.9 Å². The van der Waals surface area contributed by atoms with Gasteiger partial charge in [-0.05, 0) is 43.4 Å². The molecule has 0 amide bonds. The molecule has 0 radical (unpaired) electrons. The summed E-state index contributed by atoms with van der Waals surface area (Å²) >= 11 is 0. The van der Waals surface area contributed by atoms with Crippen LogP contribution in [0.3, 0.4) is 0 Å². The molecule has 1 saturated carbocycles. The van der Waals surface area contributed by atoms with Crippen LogP contribution < -0.4 is 15.4 Å². The molecule has 2 rings (SSSR count). The summed E-state index contributed by atoms with van der Waals surface area (Å²) in [7, 11) is 1.68. The second-order valence-corrected chi connectivity index (χ2v) is 6.15. The lowest BCUT2D eigenvalue weighted by Gasteiger charge is -2.12. The van der Waals surface area contributed by atoms with Crippen LogP contribution in [0.1, 0.15) is 38.2 Å². The predicted octanol–water partition coefficient (Wildman–Crippen LogP) is 3.58. The molecule has 1 aliphatic rings. The molecule has 1 aliphatic carbocycles. The first-order valence-corrected chi connectivity index (χ1v) is 9.04. The number of guanidine groups is 1. The Labute approximate surface area is 169 Å². The number of rotatable bonds is 11. The molecule has 2 N–H and O–H groups in total. The zero-order valence-corrected chi connectivity index (χ0v) is 17.8. The Morgan fingerprint density at radius 2 is 1.88 bits per heavy atom. The number of nitrogens with zero attached hydrogens (tertiary/aromatic N) is 1. The van der Waals surface area contributed by atoms with Crippen molar-refractivity contribution in [3.63, 3.8) is 0 Å². The fourth-order valence-electron chi connectivity index (χ4n) is 2.40. The van der Waals surface area contributed by atoms with E-state index in [1.807, 2.05) is 19.1 Å². The van der Waals surface area contributed by atoms with Gasteiger partial charge in [0.25, 0.3) is 0 Å². The molecule has 5 nitrogen and oxygen atoms in total. The van der Waals surface area contributed by atoms with Gasteiger partial charge in [-0.15, -0.1) is 24.0 Å². The Hall–Kier alpha value is -1.02. The monoisotopic (exact) mass is 461 g/mol. The van der Waals surface area contributed by atoms with Crippen molar-refractivity contribution in [3.8, 4) is 5.75 Å². The number of nitrogens with one attached hydrogen (secondary N) is 2. The van der Waals surface area contributed by atoms with E-state index < -0.39 is 0 Å². The summed E-state index contributed by atoms with van der Waals surface area (Å²) in [6, 6.07) is 8.06. The van der Waals surface area contributed by atoms with Crippen molar-refractivity contribution < 1.29 is 9.47 Å². The smallest absolute Gasteiger partial charge is 0.191 e. The molecule has 1 aromatic rings. The SMILES string of the molecule is CCOCCCNC(=NCc1ccc(OC)cc1)NCCC1CC1.I. The number of ether oxygens (including phenoxy) is 2. The molecular weight excluding hydrogens is 429 g/mol. The van der Waals surface area contributed by atoms with Gasteiger partial charge in [0.2, 0.25) is 0 Å². The van der Waals surface area contributed by atoms with Crippen molar-refractivity contribution >= 4 is 29.9 Å². The molecule has 0 aliphatic heterocycles. The van der Waals surface area contributed by atoms with Crippen molar-refractivity contribution in [1.82, 2.24) is 10.6 Å². The van der Waals surface area contributed by atoms with Gasteiger partial charge in [-0.1, -0.05) is 25.0 Å². The van der Waals surface area contributed by atoms with Crippen molar-refractivity contribution in [2.45, 2.75) is 39.2 Å². The third-order valence-corrected chi connectivity index (χ3v) is 4.08. The van der Waals surface area contributed by atoms with Crippen LogP contribution in [0.4, 0.5) is 0 Å².